The standard InChI is InChI=1S/C35H32FN3O6/c1-19-25-14-27-21(6-5-11-35(27,2)15-30(25)45-33(19)42)18-44-34(43)22-16-39(17-22)32(41)26-12-20(9-10-28(26)36)13-29-23-7-3-4-8-24(23)31(40)38-37-29/h3-4,6-10,12,14,22,25,30H,1,5,11,13,15-18H2,2H3,(H,38,40)/t25?,30?,35-/m1/s1. The number of rotatable bonds is 6. The summed E-state index contributed by atoms with van der Waals surface area (Å²) >= 11 is 0. The number of halogens is 1. The Hall–Kier alpha value is -4.86. The average Bonchev–Trinajstić information content (AvgIpc) is 3.27. The molecule has 2 fully saturated rings. The molecule has 0 radical (unpaired) electrons. The molecular formula is C35H32FN3O6. The van der Waals surface area contributed by atoms with E-state index in [4.69, 9.17) is 9.47 Å². The molecule has 0 bridgehead atoms. The zero-order chi connectivity index (χ0) is 31.5. The third-order valence-electron chi connectivity index (χ3n) is 9.68. The van der Waals surface area contributed by atoms with E-state index in [9.17, 15) is 23.6 Å². The van der Waals surface area contributed by atoms with E-state index in [0.717, 1.165) is 24.0 Å². The van der Waals surface area contributed by atoms with Crippen LogP contribution in [-0.4, -0.2) is 58.7 Å². The Kier molecular flexibility index (Phi) is 7.02. The molecule has 2 aliphatic heterocycles. The first-order valence-corrected chi connectivity index (χ1v) is 15.1. The molecular weight excluding hydrogens is 577 g/mol. The van der Waals surface area contributed by atoms with Crippen molar-refractivity contribution in [1.29, 1.82) is 0 Å². The average molecular weight is 610 g/mol. The quantitative estimate of drug-likeness (QED) is 0.325. The summed E-state index contributed by atoms with van der Waals surface area (Å²) < 4.78 is 26.1. The number of fused-ring (bicyclic) bond motifs is 3. The van der Waals surface area contributed by atoms with E-state index < -0.39 is 23.6 Å². The molecule has 4 aliphatic rings. The third kappa shape index (κ3) is 5.08. The Balaban J connectivity index is 0.984. The summed E-state index contributed by atoms with van der Waals surface area (Å²) in [5.41, 5.74) is 3.17. The Morgan fingerprint density at radius 1 is 1.18 bits per heavy atom. The van der Waals surface area contributed by atoms with E-state index in [2.05, 4.69) is 35.9 Å². The number of carbonyl (C=O) groups is 3. The van der Waals surface area contributed by atoms with Gasteiger partial charge in [0.1, 0.15) is 18.5 Å². The molecule has 3 aromatic rings. The maximum atomic E-state index is 14.8. The van der Waals surface area contributed by atoms with Crippen molar-refractivity contribution >= 4 is 28.6 Å². The number of carbonyl (C=O) groups excluding carboxylic acids is 3. The van der Waals surface area contributed by atoms with E-state index in [1.54, 1.807) is 24.3 Å². The normalized spacial score (nSPS) is 24.3. The fraction of sp³-hybridized carbons (Fsp3) is 0.343. The number of likely N-dealkylation sites (tertiary alicyclic amines) is 1. The molecule has 2 saturated heterocycles. The zero-order valence-electron chi connectivity index (χ0n) is 24.8. The topological polar surface area (TPSA) is 119 Å². The van der Waals surface area contributed by atoms with Crippen molar-refractivity contribution < 1.29 is 28.2 Å². The highest BCUT2D eigenvalue weighted by molar-refractivity contribution is 5.96. The van der Waals surface area contributed by atoms with Crippen molar-refractivity contribution in [2.45, 2.75) is 38.7 Å². The van der Waals surface area contributed by atoms with Gasteiger partial charge in [-0.05, 0) is 59.6 Å². The molecule has 1 aromatic heterocycles. The number of hydrogen-bond acceptors (Lipinski definition) is 7. The van der Waals surface area contributed by atoms with Crippen LogP contribution in [0.15, 0.2) is 82.7 Å². The molecule has 0 saturated carbocycles. The van der Waals surface area contributed by atoms with Crippen LogP contribution in [0.1, 0.15) is 47.8 Å². The van der Waals surface area contributed by atoms with E-state index >= 15 is 0 Å². The lowest BCUT2D eigenvalue weighted by Gasteiger charge is -2.43. The number of hydrogen-bond donors (Lipinski definition) is 1. The van der Waals surface area contributed by atoms with E-state index in [-0.39, 0.29) is 60.6 Å². The summed E-state index contributed by atoms with van der Waals surface area (Å²) in [6.45, 7) is 6.44. The Morgan fingerprint density at radius 2 is 1.96 bits per heavy atom. The molecule has 45 heavy (non-hydrogen) atoms. The van der Waals surface area contributed by atoms with Crippen molar-refractivity contribution in [2.75, 3.05) is 19.7 Å². The number of H-pyrrole nitrogens is 1. The fourth-order valence-electron chi connectivity index (χ4n) is 7.08. The highest BCUT2D eigenvalue weighted by atomic mass is 19.1. The Morgan fingerprint density at radius 3 is 2.76 bits per heavy atom. The first-order chi connectivity index (χ1) is 21.6. The molecule has 2 aliphatic carbocycles. The van der Waals surface area contributed by atoms with Gasteiger partial charge in [0.2, 0.25) is 0 Å². The van der Waals surface area contributed by atoms with Crippen molar-refractivity contribution in [3.05, 3.63) is 111 Å². The van der Waals surface area contributed by atoms with Crippen LogP contribution in [0.4, 0.5) is 4.39 Å². The van der Waals surface area contributed by atoms with E-state index in [1.165, 1.54) is 17.0 Å². The van der Waals surface area contributed by atoms with Crippen LogP contribution in [0, 0.1) is 23.1 Å². The summed E-state index contributed by atoms with van der Waals surface area (Å²) in [4.78, 5) is 51.8. The van der Waals surface area contributed by atoms with Gasteiger partial charge in [-0.3, -0.25) is 14.4 Å². The molecule has 7 rings (SSSR count). The van der Waals surface area contributed by atoms with Gasteiger partial charge in [-0.25, -0.2) is 14.3 Å². The van der Waals surface area contributed by atoms with Gasteiger partial charge < -0.3 is 14.4 Å². The number of esters is 2. The third-order valence-corrected chi connectivity index (χ3v) is 9.68. The molecule has 3 heterocycles. The second kappa shape index (κ2) is 10.9. The van der Waals surface area contributed by atoms with Crippen LogP contribution in [0.3, 0.4) is 0 Å². The van der Waals surface area contributed by atoms with Crippen molar-refractivity contribution in [3.63, 3.8) is 0 Å². The molecule has 230 valence electrons. The van der Waals surface area contributed by atoms with Crippen LogP contribution in [0.5, 0.6) is 0 Å². The van der Waals surface area contributed by atoms with Crippen molar-refractivity contribution in [3.8, 4) is 0 Å². The molecule has 9 nitrogen and oxygen atoms in total. The lowest BCUT2D eigenvalue weighted by atomic mass is 9.63. The predicted molar refractivity (Wildman–Crippen MR) is 163 cm³/mol. The highest BCUT2D eigenvalue weighted by Gasteiger charge is 2.48. The van der Waals surface area contributed by atoms with Gasteiger partial charge in [-0.1, -0.05) is 49.9 Å². The van der Waals surface area contributed by atoms with Gasteiger partial charge in [0.05, 0.1) is 22.6 Å². The number of nitrogens with one attached hydrogen (secondary N) is 1. The SMILES string of the molecule is C=C1C(=O)OC2C[C@@]3(C)CCC=C(COC(=O)C4CN(C(=O)c5cc(Cc6n[nH]c(=O)c7ccccc67)ccc5F)C4)C3=CC12. The summed E-state index contributed by atoms with van der Waals surface area (Å²) in [6, 6.07) is 11.4. The first kappa shape index (κ1) is 28.9. The van der Waals surface area contributed by atoms with Crippen LogP contribution in [-0.2, 0) is 25.5 Å². The Labute approximate surface area is 258 Å². The van der Waals surface area contributed by atoms with Crippen LogP contribution >= 0.6 is 0 Å². The fourth-order valence-corrected chi connectivity index (χ4v) is 7.08. The number of ether oxygens (including phenoxy) is 2. The maximum Gasteiger partial charge on any atom is 0.334 e. The number of nitrogens with zero attached hydrogens (tertiary/aromatic N) is 2. The van der Waals surface area contributed by atoms with Crippen LogP contribution in [0.2, 0.25) is 0 Å². The number of aromatic nitrogens is 2. The van der Waals surface area contributed by atoms with Gasteiger partial charge >= 0.3 is 11.9 Å². The van der Waals surface area contributed by atoms with Gasteiger partial charge in [0, 0.05) is 36.4 Å². The number of benzene rings is 2. The number of allylic oxidation sites excluding steroid dienone is 1. The molecule has 2 unspecified atom stereocenters. The molecule has 1 amide bonds. The molecule has 3 atom stereocenters. The predicted octanol–water partition coefficient (Wildman–Crippen LogP) is 4.42. The van der Waals surface area contributed by atoms with Gasteiger partial charge in [-0.15, -0.1) is 0 Å². The van der Waals surface area contributed by atoms with Gasteiger partial charge in [0.25, 0.3) is 11.5 Å². The number of aromatic amines is 1. The largest absolute Gasteiger partial charge is 0.460 e. The van der Waals surface area contributed by atoms with Crippen molar-refractivity contribution in [1.82, 2.24) is 15.1 Å². The number of amides is 1. The molecule has 0 spiro atoms. The summed E-state index contributed by atoms with van der Waals surface area (Å²) in [7, 11) is 0. The molecule has 10 heteroatoms. The lowest BCUT2D eigenvalue weighted by Crippen LogP contribution is -2.53. The first-order valence-electron chi connectivity index (χ1n) is 15.1. The summed E-state index contributed by atoms with van der Waals surface area (Å²) in [6.07, 6.45) is 6.68. The van der Waals surface area contributed by atoms with Crippen LogP contribution < -0.4 is 5.56 Å². The summed E-state index contributed by atoms with van der Waals surface area (Å²) in [5.74, 6) is -2.58. The molecule has 1 N–H and O–H groups in total. The minimum atomic E-state index is -0.651. The monoisotopic (exact) mass is 609 g/mol. The highest BCUT2D eigenvalue weighted by Crippen LogP contribution is 2.52. The maximum absolute atomic E-state index is 14.8. The van der Waals surface area contributed by atoms with E-state index in [1.807, 2.05) is 6.07 Å². The second-order valence-electron chi connectivity index (χ2n) is 12.7. The minimum Gasteiger partial charge on any atom is -0.460 e. The van der Waals surface area contributed by atoms with Crippen molar-refractivity contribution in [2.24, 2.45) is 17.3 Å². The summed E-state index contributed by atoms with van der Waals surface area (Å²) in [5, 5.41) is 7.87. The smallest absolute Gasteiger partial charge is 0.334 e. The van der Waals surface area contributed by atoms with Crippen LogP contribution in [0.25, 0.3) is 10.8 Å². The second-order valence-corrected chi connectivity index (χ2v) is 12.7. The Bertz CT molecular complexity index is 1900. The minimum absolute atomic E-state index is 0.0850. The van der Waals surface area contributed by atoms with E-state index in [0.29, 0.717) is 34.0 Å². The van der Waals surface area contributed by atoms with Gasteiger partial charge in [-0.2, -0.15) is 5.10 Å². The zero-order valence-corrected chi connectivity index (χ0v) is 24.8. The van der Waals surface area contributed by atoms with Gasteiger partial charge in [0.15, 0.2) is 0 Å². The lowest BCUT2D eigenvalue weighted by molar-refractivity contribution is -0.152. The molecule has 2 aromatic carbocycles.